The van der Waals surface area contributed by atoms with E-state index in [0.717, 1.165) is 22.8 Å². The zero-order valence-corrected chi connectivity index (χ0v) is 16.9. The van der Waals surface area contributed by atoms with Crippen LogP contribution in [0.1, 0.15) is 18.5 Å². The van der Waals surface area contributed by atoms with Crippen molar-refractivity contribution in [2.75, 3.05) is 0 Å². The Kier molecular flexibility index (Phi) is 5.71. The highest BCUT2D eigenvalue weighted by molar-refractivity contribution is 5.80. The lowest BCUT2D eigenvalue weighted by Gasteiger charge is -2.12. The molecule has 12 heteroatoms. The number of hydrogen-bond acceptors (Lipinski definition) is 2. The monoisotopic (exact) mass is 474 g/mol. The predicted molar refractivity (Wildman–Crippen MR) is 106 cm³/mol. The van der Waals surface area contributed by atoms with E-state index >= 15 is 0 Å². The van der Waals surface area contributed by atoms with E-state index in [0.29, 0.717) is 21.2 Å². The standard InChI is InChI=1S/C21H17F7N4O/c22-14-2-3-16-17(9-14)31(19(33)32(16)12-21(26,27)28)11-15-8-13-4-6-29-10-18(13)30(15)7-1-5-20(23,24)25/h2-4,6,8-10H,1,5,7,11-12H2. The van der Waals surface area contributed by atoms with Crippen molar-refractivity contribution < 1.29 is 30.7 Å². The Bertz CT molecular complexity index is 1360. The Morgan fingerprint density at radius 1 is 0.848 bits per heavy atom. The fraction of sp³-hybridized carbons (Fsp3) is 0.333. The second-order valence-corrected chi connectivity index (χ2v) is 7.64. The smallest absolute Gasteiger partial charge is 0.342 e. The number of fused-ring (bicyclic) bond motifs is 2. The molecule has 3 heterocycles. The maximum absolute atomic E-state index is 13.9. The van der Waals surface area contributed by atoms with E-state index in [-0.39, 0.29) is 30.5 Å². The van der Waals surface area contributed by atoms with Gasteiger partial charge in [-0.15, -0.1) is 0 Å². The summed E-state index contributed by atoms with van der Waals surface area (Å²) in [5.74, 6) is -0.740. The van der Waals surface area contributed by atoms with Crippen LogP contribution in [0.3, 0.4) is 0 Å². The Balaban J connectivity index is 1.81. The third-order valence-electron chi connectivity index (χ3n) is 5.27. The maximum atomic E-state index is 13.9. The van der Waals surface area contributed by atoms with Crippen LogP contribution in [-0.2, 0) is 19.6 Å². The molecule has 0 aliphatic rings. The molecule has 0 aliphatic heterocycles. The molecule has 0 amide bonds. The topological polar surface area (TPSA) is 44.8 Å². The summed E-state index contributed by atoms with van der Waals surface area (Å²) >= 11 is 0. The third kappa shape index (κ3) is 4.88. The molecule has 0 aliphatic carbocycles. The molecule has 0 saturated carbocycles. The minimum absolute atomic E-state index is 0.0468. The number of aromatic nitrogens is 4. The molecule has 0 radical (unpaired) electrons. The molecule has 176 valence electrons. The molecule has 0 saturated heterocycles. The number of aryl methyl sites for hydroxylation is 1. The van der Waals surface area contributed by atoms with E-state index < -0.39 is 36.8 Å². The molecule has 4 aromatic rings. The van der Waals surface area contributed by atoms with Crippen LogP contribution in [0.15, 0.2) is 47.5 Å². The number of hydrogen-bond donors (Lipinski definition) is 0. The van der Waals surface area contributed by atoms with Crippen molar-refractivity contribution in [1.82, 2.24) is 18.7 Å². The van der Waals surface area contributed by atoms with E-state index in [1.807, 2.05) is 0 Å². The number of halogens is 7. The quantitative estimate of drug-likeness (QED) is 0.359. The first-order valence-corrected chi connectivity index (χ1v) is 9.87. The molecule has 5 nitrogen and oxygen atoms in total. The highest BCUT2D eigenvalue weighted by Crippen LogP contribution is 2.26. The minimum atomic E-state index is -4.69. The lowest BCUT2D eigenvalue weighted by molar-refractivity contribution is -0.140. The minimum Gasteiger partial charge on any atom is -0.342 e. The van der Waals surface area contributed by atoms with Gasteiger partial charge in [0.1, 0.15) is 12.4 Å². The van der Waals surface area contributed by atoms with Crippen LogP contribution in [0.4, 0.5) is 30.7 Å². The molecule has 0 N–H and O–H groups in total. The SMILES string of the molecule is O=c1n(Cc2cc3ccncc3n2CCCC(F)(F)F)c2cc(F)ccc2n1CC(F)(F)F. The van der Waals surface area contributed by atoms with Crippen molar-refractivity contribution in [3.8, 4) is 0 Å². The van der Waals surface area contributed by atoms with Gasteiger partial charge >= 0.3 is 18.0 Å². The van der Waals surface area contributed by atoms with Crippen molar-refractivity contribution >= 4 is 21.9 Å². The summed E-state index contributed by atoms with van der Waals surface area (Å²) < 4.78 is 94.1. The third-order valence-corrected chi connectivity index (χ3v) is 5.27. The van der Waals surface area contributed by atoms with E-state index in [1.165, 1.54) is 12.4 Å². The van der Waals surface area contributed by atoms with E-state index in [9.17, 15) is 35.5 Å². The normalized spacial score (nSPS) is 12.8. The van der Waals surface area contributed by atoms with Gasteiger partial charge < -0.3 is 4.57 Å². The molecule has 33 heavy (non-hydrogen) atoms. The van der Waals surface area contributed by atoms with Gasteiger partial charge in [-0.25, -0.2) is 9.18 Å². The van der Waals surface area contributed by atoms with Crippen LogP contribution in [0.25, 0.3) is 21.9 Å². The molecular weight excluding hydrogens is 457 g/mol. The van der Waals surface area contributed by atoms with Gasteiger partial charge in [0.05, 0.1) is 29.3 Å². The fourth-order valence-electron chi connectivity index (χ4n) is 3.93. The van der Waals surface area contributed by atoms with Gasteiger partial charge in [-0.05, 0) is 36.8 Å². The van der Waals surface area contributed by atoms with Crippen LogP contribution >= 0.6 is 0 Å². The summed E-state index contributed by atoms with van der Waals surface area (Å²) in [5.41, 5.74) is -0.238. The molecule has 0 fully saturated rings. The Hall–Kier alpha value is -3.31. The number of alkyl halides is 6. The van der Waals surface area contributed by atoms with Crippen molar-refractivity contribution in [1.29, 1.82) is 0 Å². The summed E-state index contributed by atoms with van der Waals surface area (Å²) in [6.07, 6.45) is -7.35. The second kappa shape index (κ2) is 8.23. The summed E-state index contributed by atoms with van der Waals surface area (Å²) in [6.45, 7) is -1.86. The Morgan fingerprint density at radius 3 is 2.30 bits per heavy atom. The fourth-order valence-corrected chi connectivity index (χ4v) is 3.93. The highest BCUT2D eigenvalue weighted by Gasteiger charge is 2.31. The molecular formula is C21H17F7N4O. The second-order valence-electron chi connectivity index (χ2n) is 7.64. The van der Waals surface area contributed by atoms with E-state index in [2.05, 4.69) is 4.98 Å². The van der Waals surface area contributed by atoms with Crippen LogP contribution in [0, 0.1) is 5.82 Å². The molecule has 0 atom stereocenters. The average Bonchev–Trinajstić information content (AvgIpc) is 3.17. The zero-order valence-electron chi connectivity index (χ0n) is 16.9. The Labute approximate surface area is 181 Å². The summed E-state index contributed by atoms with van der Waals surface area (Å²) in [4.78, 5) is 16.9. The molecule has 4 rings (SSSR count). The largest absolute Gasteiger partial charge is 0.406 e. The zero-order chi connectivity index (χ0) is 24.0. The predicted octanol–water partition coefficient (Wildman–Crippen LogP) is 5.24. The molecule has 0 bridgehead atoms. The summed E-state index contributed by atoms with van der Waals surface area (Å²) in [6, 6.07) is 6.27. The van der Waals surface area contributed by atoms with Crippen molar-refractivity contribution in [3.63, 3.8) is 0 Å². The van der Waals surface area contributed by atoms with E-state index in [4.69, 9.17) is 0 Å². The average molecular weight is 474 g/mol. The number of pyridine rings is 1. The summed E-state index contributed by atoms with van der Waals surface area (Å²) in [7, 11) is 0. The number of imidazole rings is 1. The van der Waals surface area contributed by atoms with Crippen molar-refractivity contribution in [2.45, 2.75) is 44.8 Å². The van der Waals surface area contributed by atoms with Gasteiger partial charge in [0.2, 0.25) is 0 Å². The van der Waals surface area contributed by atoms with Crippen molar-refractivity contribution in [2.24, 2.45) is 0 Å². The summed E-state index contributed by atoms with van der Waals surface area (Å²) in [5, 5.41) is 0.644. The molecule has 0 unspecified atom stereocenters. The van der Waals surface area contributed by atoms with Gasteiger partial charge in [-0.2, -0.15) is 26.3 Å². The Morgan fingerprint density at radius 2 is 1.61 bits per heavy atom. The lowest BCUT2D eigenvalue weighted by atomic mass is 10.3. The van der Waals surface area contributed by atoms with Gasteiger partial charge in [-0.1, -0.05) is 0 Å². The lowest BCUT2D eigenvalue weighted by Crippen LogP contribution is -2.30. The van der Waals surface area contributed by atoms with Crippen LogP contribution < -0.4 is 5.69 Å². The van der Waals surface area contributed by atoms with Crippen molar-refractivity contribution in [3.05, 3.63) is 64.7 Å². The first kappa shape index (κ1) is 22.9. The number of nitrogens with zero attached hydrogens (tertiary/aromatic N) is 4. The maximum Gasteiger partial charge on any atom is 0.406 e. The molecule has 3 aromatic heterocycles. The van der Waals surface area contributed by atoms with Gasteiger partial charge in [0.15, 0.2) is 0 Å². The first-order valence-electron chi connectivity index (χ1n) is 9.87. The molecule has 0 spiro atoms. The van der Waals surface area contributed by atoms with Crippen LogP contribution in [0.2, 0.25) is 0 Å². The van der Waals surface area contributed by atoms with Crippen LogP contribution in [0.5, 0.6) is 0 Å². The van der Waals surface area contributed by atoms with Crippen LogP contribution in [-0.4, -0.2) is 31.0 Å². The number of benzene rings is 1. The highest BCUT2D eigenvalue weighted by atomic mass is 19.4. The van der Waals surface area contributed by atoms with Gasteiger partial charge in [0, 0.05) is 30.2 Å². The number of rotatable bonds is 6. The van der Waals surface area contributed by atoms with E-state index in [1.54, 1.807) is 16.7 Å². The molecule has 1 aromatic carbocycles. The van der Waals surface area contributed by atoms with Gasteiger partial charge in [0.25, 0.3) is 0 Å². The van der Waals surface area contributed by atoms with Gasteiger partial charge in [-0.3, -0.25) is 14.1 Å². The first-order chi connectivity index (χ1) is 15.4.